The summed E-state index contributed by atoms with van der Waals surface area (Å²) >= 11 is 2.02. The van der Waals surface area contributed by atoms with Gasteiger partial charge in [-0.25, -0.2) is 4.98 Å². The zero-order chi connectivity index (χ0) is 17.0. The summed E-state index contributed by atoms with van der Waals surface area (Å²) in [6.07, 6.45) is 1.71. The maximum atomic E-state index is 5.59. The number of nitrogens with zero attached hydrogens (tertiary/aromatic N) is 3. The van der Waals surface area contributed by atoms with Crippen LogP contribution in [0.3, 0.4) is 0 Å². The average molecular weight is 344 g/mol. The van der Waals surface area contributed by atoms with E-state index in [0.717, 1.165) is 36.1 Å². The summed E-state index contributed by atoms with van der Waals surface area (Å²) in [6.45, 7) is 7.17. The Hall–Kier alpha value is -1.95. The Morgan fingerprint density at radius 1 is 1.38 bits per heavy atom. The predicted octanol–water partition coefficient (Wildman–Crippen LogP) is 3.24. The summed E-state index contributed by atoms with van der Waals surface area (Å²) in [5.74, 6) is 2.70. The standard InChI is InChI=1S/C18H24N4OS/c1-18(2)13-22(9-10-24-18)17(19-3)20-11-15-12-23-16(21-15)14-7-5-4-6-8-14/h4-8,12H,9-11,13H2,1-3H3,(H,19,20). The van der Waals surface area contributed by atoms with Crippen LogP contribution < -0.4 is 5.32 Å². The fourth-order valence-electron chi connectivity index (χ4n) is 2.80. The minimum Gasteiger partial charge on any atom is -0.444 e. The fourth-order valence-corrected chi connectivity index (χ4v) is 3.91. The van der Waals surface area contributed by atoms with Crippen LogP contribution in [0.1, 0.15) is 19.5 Å². The lowest BCUT2D eigenvalue weighted by Gasteiger charge is -2.39. The molecule has 5 nitrogen and oxygen atoms in total. The Morgan fingerprint density at radius 2 is 2.17 bits per heavy atom. The lowest BCUT2D eigenvalue weighted by molar-refractivity contribution is 0.375. The van der Waals surface area contributed by atoms with Gasteiger partial charge in [0.15, 0.2) is 5.96 Å². The third-order valence-electron chi connectivity index (χ3n) is 3.94. The molecule has 24 heavy (non-hydrogen) atoms. The predicted molar refractivity (Wildman–Crippen MR) is 100 cm³/mol. The van der Waals surface area contributed by atoms with Gasteiger partial charge in [0.05, 0.1) is 12.2 Å². The minimum atomic E-state index is 0.254. The second kappa shape index (κ2) is 7.30. The number of benzene rings is 1. The molecule has 0 spiro atoms. The van der Waals surface area contributed by atoms with Crippen LogP contribution >= 0.6 is 11.8 Å². The topological polar surface area (TPSA) is 53.7 Å². The molecule has 128 valence electrons. The van der Waals surface area contributed by atoms with Crippen LogP contribution in [0.15, 0.2) is 46.0 Å². The molecule has 1 aromatic heterocycles. The summed E-state index contributed by atoms with van der Waals surface area (Å²) < 4.78 is 5.84. The van der Waals surface area contributed by atoms with E-state index in [4.69, 9.17) is 4.42 Å². The van der Waals surface area contributed by atoms with E-state index in [0.29, 0.717) is 12.4 Å². The molecular formula is C18H24N4OS. The van der Waals surface area contributed by atoms with E-state index in [1.807, 2.05) is 49.1 Å². The highest BCUT2D eigenvalue weighted by Gasteiger charge is 2.28. The molecule has 0 amide bonds. The molecule has 1 fully saturated rings. The summed E-state index contributed by atoms with van der Waals surface area (Å²) in [5.41, 5.74) is 1.86. The first-order chi connectivity index (χ1) is 11.6. The molecule has 0 saturated carbocycles. The van der Waals surface area contributed by atoms with Crippen molar-refractivity contribution in [2.24, 2.45) is 4.99 Å². The Balaban J connectivity index is 1.61. The molecule has 1 aliphatic heterocycles. The summed E-state index contributed by atoms with van der Waals surface area (Å²) in [7, 11) is 1.83. The molecule has 2 aromatic rings. The van der Waals surface area contributed by atoms with Crippen molar-refractivity contribution in [3.63, 3.8) is 0 Å². The molecule has 3 rings (SSSR count). The highest BCUT2D eigenvalue weighted by atomic mass is 32.2. The Kier molecular flexibility index (Phi) is 5.14. The molecule has 2 heterocycles. The van der Waals surface area contributed by atoms with E-state index < -0.39 is 0 Å². The van der Waals surface area contributed by atoms with Gasteiger partial charge < -0.3 is 14.6 Å². The number of thioether (sulfide) groups is 1. The fraction of sp³-hybridized carbons (Fsp3) is 0.444. The Morgan fingerprint density at radius 3 is 2.88 bits per heavy atom. The van der Waals surface area contributed by atoms with Crippen LogP contribution in [-0.4, -0.2) is 46.5 Å². The van der Waals surface area contributed by atoms with Crippen molar-refractivity contribution < 1.29 is 4.42 Å². The van der Waals surface area contributed by atoms with Crippen molar-refractivity contribution >= 4 is 17.7 Å². The zero-order valence-corrected chi connectivity index (χ0v) is 15.3. The highest BCUT2D eigenvalue weighted by molar-refractivity contribution is 8.00. The number of aromatic nitrogens is 1. The molecule has 0 aliphatic carbocycles. The van der Waals surface area contributed by atoms with E-state index in [9.17, 15) is 0 Å². The molecule has 0 radical (unpaired) electrons. The highest BCUT2D eigenvalue weighted by Crippen LogP contribution is 2.29. The van der Waals surface area contributed by atoms with Crippen LogP contribution in [0, 0.1) is 0 Å². The third-order valence-corrected chi connectivity index (χ3v) is 5.23. The first-order valence-electron chi connectivity index (χ1n) is 8.17. The van der Waals surface area contributed by atoms with E-state index in [1.165, 1.54) is 0 Å². The lowest BCUT2D eigenvalue weighted by atomic mass is 10.2. The Labute approximate surface area is 147 Å². The number of aliphatic imine (C=N–C) groups is 1. The van der Waals surface area contributed by atoms with Crippen molar-refractivity contribution in [1.82, 2.24) is 15.2 Å². The normalized spacial score (nSPS) is 17.8. The molecule has 0 unspecified atom stereocenters. The van der Waals surface area contributed by atoms with Crippen molar-refractivity contribution in [2.45, 2.75) is 25.1 Å². The molecule has 0 atom stereocenters. The Bertz CT molecular complexity index is 696. The SMILES string of the molecule is CN=C(NCc1coc(-c2ccccc2)n1)N1CCSC(C)(C)C1. The summed E-state index contributed by atoms with van der Waals surface area (Å²) in [6, 6.07) is 9.94. The number of guanidine groups is 1. The zero-order valence-electron chi connectivity index (χ0n) is 14.5. The van der Waals surface area contributed by atoms with Crippen LogP contribution in [0.4, 0.5) is 0 Å². The van der Waals surface area contributed by atoms with Crippen LogP contribution in [-0.2, 0) is 6.54 Å². The van der Waals surface area contributed by atoms with Crippen molar-refractivity contribution in [1.29, 1.82) is 0 Å². The van der Waals surface area contributed by atoms with E-state index in [2.05, 4.69) is 34.0 Å². The monoisotopic (exact) mass is 344 g/mol. The minimum absolute atomic E-state index is 0.254. The van der Waals surface area contributed by atoms with Crippen molar-refractivity contribution in [3.05, 3.63) is 42.3 Å². The molecule has 1 aliphatic rings. The second-order valence-electron chi connectivity index (χ2n) is 6.44. The molecule has 6 heteroatoms. The van der Waals surface area contributed by atoms with Gasteiger partial charge in [-0.15, -0.1) is 0 Å². The summed E-state index contributed by atoms with van der Waals surface area (Å²) in [4.78, 5) is 11.3. The van der Waals surface area contributed by atoms with Gasteiger partial charge in [0, 0.05) is 36.2 Å². The molecule has 1 aromatic carbocycles. The van der Waals surface area contributed by atoms with Crippen LogP contribution in [0.25, 0.3) is 11.5 Å². The van der Waals surface area contributed by atoms with E-state index in [-0.39, 0.29) is 4.75 Å². The molecule has 1 N–H and O–H groups in total. The van der Waals surface area contributed by atoms with Crippen LogP contribution in [0.2, 0.25) is 0 Å². The average Bonchev–Trinajstić information content (AvgIpc) is 3.04. The maximum Gasteiger partial charge on any atom is 0.226 e. The van der Waals surface area contributed by atoms with E-state index in [1.54, 1.807) is 6.26 Å². The summed E-state index contributed by atoms with van der Waals surface area (Å²) in [5, 5.41) is 3.40. The molecular weight excluding hydrogens is 320 g/mol. The van der Waals surface area contributed by atoms with Gasteiger partial charge in [0.25, 0.3) is 0 Å². The van der Waals surface area contributed by atoms with Gasteiger partial charge in [0.1, 0.15) is 6.26 Å². The van der Waals surface area contributed by atoms with Crippen molar-refractivity contribution in [2.75, 3.05) is 25.9 Å². The first kappa shape index (κ1) is 16.9. The lowest BCUT2D eigenvalue weighted by Crippen LogP contribution is -2.50. The largest absolute Gasteiger partial charge is 0.444 e. The number of nitrogens with one attached hydrogen (secondary N) is 1. The van der Waals surface area contributed by atoms with Gasteiger partial charge >= 0.3 is 0 Å². The quantitative estimate of drug-likeness (QED) is 0.684. The maximum absolute atomic E-state index is 5.59. The van der Waals surface area contributed by atoms with Gasteiger partial charge in [-0.3, -0.25) is 4.99 Å². The first-order valence-corrected chi connectivity index (χ1v) is 9.15. The smallest absolute Gasteiger partial charge is 0.226 e. The van der Waals surface area contributed by atoms with Crippen molar-refractivity contribution in [3.8, 4) is 11.5 Å². The molecule has 0 bridgehead atoms. The van der Waals surface area contributed by atoms with Gasteiger partial charge in [-0.05, 0) is 26.0 Å². The number of hydrogen-bond donors (Lipinski definition) is 1. The van der Waals surface area contributed by atoms with Gasteiger partial charge in [-0.1, -0.05) is 18.2 Å². The number of oxazole rings is 1. The van der Waals surface area contributed by atoms with Gasteiger partial charge in [0.2, 0.25) is 5.89 Å². The van der Waals surface area contributed by atoms with Gasteiger partial charge in [-0.2, -0.15) is 11.8 Å². The van der Waals surface area contributed by atoms with Crippen LogP contribution in [0.5, 0.6) is 0 Å². The number of hydrogen-bond acceptors (Lipinski definition) is 4. The second-order valence-corrected chi connectivity index (χ2v) is 8.24. The number of rotatable bonds is 3. The third kappa shape index (κ3) is 4.12. The molecule has 1 saturated heterocycles. The van der Waals surface area contributed by atoms with E-state index >= 15 is 0 Å².